The predicted octanol–water partition coefficient (Wildman–Crippen LogP) is 1.89. The zero-order valence-electron chi connectivity index (χ0n) is 11.1. The Morgan fingerprint density at radius 2 is 1.90 bits per heavy atom. The zero-order valence-corrected chi connectivity index (χ0v) is 12.0. The minimum Gasteiger partial charge on any atom is -0.389 e. The second-order valence-electron chi connectivity index (χ2n) is 5.24. The lowest BCUT2D eigenvalue weighted by Gasteiger charge is -2.28. The molecule has 0 radical (unpaired) electrons. The third-order valence-electron chi connectivity index (χ3n) is 3.66. The van der Waals surface area contributed by atoms with Crippen LogP contribution in [-0.4, -0.2) is 37.0 Å². The monoisotopic (exact) mass is 305 g/mol. The van der Waals surface area contributed by atoms with E-state index >= 15 is 0 Å². The van der Waals surface area contributed by atoms with Crippen LogP contribution < -0.4 is 0 Å². The molecule has 1 fully saturated rings. The molecule has 4 nitrogen and oxygen atoms in total. The number of rotatable bonds is 4. The van der Waals surface area contributed by atoms with Crippen LogP contribution in [0, 0.1) is 11.6 Å². The minimum absolute atomic E-state index is 0.120. The molecule has 1 aliphatic carbocycles. The first-order valence-electron chi connectivity index (χ1n) is 6.39. The lowest BCUT2D eigenvalue weighted by molar-refractivity contribution is 0.0333. The van der Waals surface area contributed by atoms with Crippen LogP contribution in [0.4, 0.5) is 8.78 Å². The average Bonchev–Trinajstić information content (AvgIpc) is 2.79. The van der Waals surface area contributed by atoms with Crippen LogP contribution in [0.5, 0.6) is 0 Å². The average molecular weight is 305 g/mol. The smallest absolute Gasteiger partial charge is 0.245 e. The molecule has 1 saturated carbocycles. The van der Waals surface area contributed by atoms with Crippen LogP contribution in [0.1, 0.15) is 25.7 Å². The molecule has 1 aromatic rings. The van der Waals surface area contributed by atoms with E-state index in [1.807, 2.05) is 0 Å². The van der Waals surface area contributed by atoms with E-state index in [4.69, 9.17) is 0 Å². The van der Waals surface area contributed by atoms with Gasteiger partial charge in [-0.25, -0.2) is 17.2 Å². The van der Waals surface area contributed by atoms with E-state index in [0.29, 0.717) is 12.8 Å². The van der Waals surface area contributed by atoms with Crippen molar-refractivity contribution < 1.29 is 22.3 Å². The second kappa shape index (κ2) is 5.38. The molecule has 1 aromatic carbocycles. The Labute approximate surface area is 117 Å². The molecular formula is C13H17F2NO3S. The Bertz CT molecular complexity index is 598. The summed E-state index contributed by atoms with van der Waals surface area (Å²) in [6.45, 7) is -0.120. The first kappa shape index (κ1) is 15.3. The molecule has 0 bridgehead atoms. The van der Waals surface area contributed by atoms with E-state index in [-0.39, 0.29) is 6.54 Å². The third kappa shape index (κ3) is 2.84. The van der Waals surface area contributed by atoms with Crippen LogP contribution in [0.25, 0.3) is 0 Å². The molecule has 0 atom stereocenters. The van der Waals surface area contributed by atoms with Crippen molar-refractivity contribution >= 4 is 10.0 Å². The molecule has 2 rings (SSSR count). The molecule has 0 spiro atoms. The number of likely N-dealkylation sites (N-methyl/N-ethyl adjacent to an activating group) is 1. The van der Waals surface area contributed by atoms with Gasteiger partial charge < -0.3 is 5.11 Å². The summed E-state index contributed by atoms with van der Waals surface area (Å²) in [6.07, 6.45) is 2.69. The summed E-state index contributed by atoms with van der Waals surface area (Å²) >= 11 is 0. The number of sulfonamides is 1. The van der Waals surface area contributed by atoms with Crippen LogP contribution in [0.2, 0.25) is 0 Å². The molecule has 7 heteroatoms. The topological polar surface area (TPSA) is 57.6 Å². The second-order valence-corrected chi connectivity index (χ2v) is 7.26. The highest BCUT2D eigenvalue weighted by atomic mass is 32.2. The van der Waals surface area contributed by atoms with Crippen molar-refractivity contribution in [2.24, 2.45) is 0 Å². The quantitative estimate of drug-likeness (QED) is 0.924. The SMILES string of the molecule is CN(CC1(O)CCCC1)S(=O)(=O)c1cccc(F)c1F. The summed E-state index contributed by atoms with van der Waals surface area (Å²) in [6, 6.07) is 3.02. The number of benzene rings is 1. The highest BCUT2D eigenvalue weighted by Gasteiger charge is 2.36. The molecule has 1 aliphatic rings. The molecule has 0 saturated heterocycles. The third-order valence-corrected chi connectivity index (χ3v) is 5.48. The summed E-state index contributed by atoms with van der Waals surface area (Å²) in [5.74, 6) is -2.60. The van der Waals surface area contributed by atoms with Gasteiger partial charge in [0.15, 0.2) is 11.6 Å². The van der Waals surface area contributed by atoms with Crippen molar-refractivity contribution in [1.29, 1.82) is 0 Å². The Morgan fingerprint density at radius 1 is 1.30 bits per heavy atom. The van der Waals surface area contributed by atoms with Crippen molar-refractivity contribution in [2.75, 3.05) is 13.6 Å². The van der Waals surface area contributed by atoms with Crippen molar-refractivity contribution in [1.82, 2.24) is 4.31 Å². The standard InChI is InChI=1S/C13H17F2NO3S/c1-16(9-13(17)7-2-3-8-13)20(18,19)11-6-4-5-10(14)12(11)15/h4-6,17H,2-3,7-9H2,1H3. The summed E-state index contributed by atoms with van der Waals surface area (Å²) in [7, 11) is -2.90. The molecule has 0 amide bonds. The van der Waals surface area contributed by atoms with E-state index in [1.165, 1.54) is 7.05 Å². The van der Waals surface area contributed by atoms with Crippen LogP contribution in [0.15, 0.2) is 23.1 Å². The zero-order chi connectivity index (χ0) is 15.0. The summed E-state index contributed by atoms with van der Waals surface area (Å²) < 4.78 is 52.1. The van der Waals surface area contributed by atoms with E-state index in [0.717, 1.165) is 35.3 Å². The highest BCUT2D eigenvalue weighted by Crippen LogP contribution is 2.31. The maximum Gasteiger partial charge on any atom is 0.245 e. The number of nitrogens with zero attached hydrogens (tertiary/aromatic N) is 1. The van der Waals surface area contributed by atoms with Gasteiger partial charge in [-0.3, -0.25) is 0 Å². The maximum atomic E-state index is 13.6. The van der Waals surface area contributed by atoms with E-state index < -0.39 is 32.2 Å². The molecular weight excluding hydrogens is 288 g/mol. The normalized spacial score (nSPS) is 18.6. The van der Waals surface area contributed by atoms with Crippen molar-refractivity contribution in [3.8, 4) is 0 Å². The molecule has 20 heavy (non-hydrogen) atoms. The fourth-order valence-corrected chi connectivity index (χ4v) is 3.86. The number of aliphatic hydroxyl groups is 1. The number of hydrogen-bond donors (Lipinski definition) is 1. The van der Waals surface area contributed by atoms with E-state index in [1.54, 1.807) is 0 Å². The van der Waals surface area contributed by atoms with Gasteiger partial charge in [0, 0.05) is 13.6 Å². The van der Waals surface area contributed by atoms with Crippen molar-refractivity contribution in [2.45, 2.75) is 36.2 Å². The molecule has 0 aromatic heterocycles. The van der Waals surface area contributed by atoms with Gasteiger partial charge in [-0.05, 0) is 25.0 Å². The Balaban J connectivity index is 2.28. The van der Waals surface area contributed by atoms with Gasteiger partial charge in [0.25, 0.3) is 0 Å². The fraction of sp³-hybridized carbons (Fsp3) is 0.538. The summed E-state index contributed by atoms with van der Waals surface area (Å²) in [4.78, 5) is -0.707. The van der Waals surface area contributed by atoms with Crippen LogP contribution >= 0.6 is 0 Å². The van der Waals surface area contributed by atoms with Gasteiger partial charge in [0.1, 0.15) is 4.90 Å². The molecule has 0 aliphatic heterocycles. The highest BCUT2D eigenvalue weighted by molar-refractivity contribution is 7.89. The predicted molar refractivity (Wildman–Crippen MR) is 69.6 cm³/mol. The lowest BCUT2D eigenvalue weighted by Crippen LogP contribution is -2.42. The Hall–Kier alpha value is -1.05. The summed E-state index contributed by atoms with van der Waals surface area (Å²) in [5, 5.41) is 10.2. The van der Waals surface area contributed by atoms with Crippen molar-refractivity contribution in [3.05, 3.63) is 29.8 Å². The first-order valence-corrected chi connectivity index (χ1v) is 7.83. The lowest BCUT2D eigenvalue weighted by atomic mass is 10.0. The van der Waals surface area contributed by atoms with Gasteiger partial charge in [0.05, 0.1) is 5.60 Å². The maximum absolute atomic E-state index is 13.6. The molecule has 112 valence electrons. The first-order chi connectivity index (χ1) is 9.26. The molecule has 0 unspecified atom stereocenters. The van der Waals surface area contributed by atoms with E-state index in [9.17, 15) is 22.3 Å². The van der Waals surface area contributed by atoms with Crippen LogP contribution in [-0.2, 0) is 10.0 Å². The molecule has 0 heterocycles. The van der Waals surface area contributed by atoms with E-state index in [2.05, 4.69) is 0 Å². The van der Waals surface area contributed by atoms with Gasteiger partial charge in [-0.15, -0.1) is 0 Å². The largest absolute Gasteiger partial charge is 0.389 e. The van der Waals surface area contributed by atoms with Gasteiger partial charge in [-0.2, -0.15) is 4.31 Å². The fourth-order valence-electron chi connectivity index (χ4n) is 2.54. The van der Waals surface area contributed by atoms with Crippen LogP contribution in [0.3, 0.4) is 0 Å². The Morgan fingerprint density at radius 3 is 2.50 bits per heavy atom. The Kier molecular flexibility index (Phi) is 4.13. The number of halogens is 2. The van der Waals surface area contributed by atoms with Gasteiger partial charge in [0.2, 0.25) is 10.0 Å². The van der Waals surface area contributed by atoms with Gasteiger partial charge in [-0.1, -0.05) is 18.9 Å². The van der Waals surface area contributed by atoms with Crippen molar-refractivity contribution in [3.63, 3.8) is 0 Å². The van der Waals surface area contributed by atoms with Gasteiger partial charge >= 0.3 is 0 Å². The minimum atomic E-state index is -4.16. The summed E-state index contributed by atoms with van der Waals surface area (Å²) in [5.41, 5.74) is -1.08. The number of hydrogen-bond acceptors (Lipinski definition) is 3. The molecule has 1 N–H and O–H groups in total.